The fourth-order valence-electron chi connectivity index (χ4n) is 4.34. The van der Waals surface area contributed by atoms with Crippen molar-refractivity contribution in [2.75, 3.05) is 13.1 Å². The average molecular weight is 467 g/mol. The molecule has 4 rings (SSSR count). The lowest BCUT2D eigenvalue weighted by Gasteiger charge is -2.36. The van der Waals surface area contributed by atoms with Crippen LogP contribution in [0, 0.1) is 12.8 Å². The van der Waals surface area contributed by atoms with Crippen molar-refractivity contribution in [1.82, 2.24) is 19.2 Å². The SMILES string of the molecule is Cc1nc(S(=O)(=O)N2CCC(C(=O)NC(C)(c3ccccc3)c3ccccc3)CC2)cn1C. The van der Waals surface area contributed by atoms with Crippen LogP contribution in [0.15, 0.2) is 71.9 Å². The Kier molecular flexibility index (Phi) is 6.41. The minimum atomic E-state index is -3.66. The van der Waals surface area contributed by atoms with Crippen molar-refractivity contribution in [3.8, 4) is 0 Å². The first kappa shape index (κ1) is 23.2. The second-order valence-corrected chi connectivity index (χ2v) is 10.6. The van der Waals surface area contributed by atoms with E-state index in [1.165, 1.54) is 10.5 Å². The van der Waals surface area contributed by atoms with Crippen molar-refractivity contribution in [3.05, 3.63) is 83.8 Å². The molecule has 33 heavy (non-hydrogen) atoms. The summed E-state index contributed by atoms with van der Waals surface area (Å²) in [7, 11) is -1.89. The number of carbonyl (C=O) groups is 1. The van der Waals surface area contributed by atoms with Gasteiger partial charge in [-0.15, -0.1) is 0 Å². The van der Waals surface area contributed by atoms with Gasteiger partial charge in [-0.05, 0) is 37.8 Å². The van der Waals surface area contributed by atoms with Crippen LogP contribution in [-0.4, -0.2) is 41.3 Å². The monoisotopic (exact) mass is 466 g/mol. The van der Waals surface area contributed by atoms with Gasteiger partial charge in [-0.25, -0.2) is 13.4 Å². The fourth-order valence-corrected chi connectivity index (χ4v) is 5.84. The highest BCUT2D eigenvalue weighted by atomic mass is 32.2. The molecular formula is C25H30N4O3S. The third kappa shape index (κ3) is 4.58. The van der Waals surface area contributed by atoms with E-state index in [1.807, 2.05) is 67.6 Å². The first-order valence-corrected chi connectivity index (χ1v) is 12.6. The van der Waals surface area contributed by atoms with Crippen molar-refractivity contribution in [1.29, 1.82) is 0 Å². The number of rotatable bonds is 6. The summed E-state index contributed by atoms with van der Waals surface area (Å²) in [6.07, 6.45) is 2.47. The van der Waals surface area contributed by atoms with Gasteiger partial charge >= 0.3 is 0 Å². The standard InChI is InChI=1S/C25H30N4O3S/c1-19-26-23(18-28(19)3)33(31,32)29-16-14-20(15-17-29)24(30)27-25(2,21-10-6-4-7-11-21)22-12-8-5-9-13-22/h4-13,18,20H,14-17H2,1-3H3,(H,27,30). The molecule has 7 nitrogen and oxygen atoms in total. The van der Waals surface area contributed by atoms with Crippen molar-refractivity contribution in [2.45, 2.75) is 37.3 Å². The summed E-state index contributed by atoms with van der Waals surface area (Å²) < 4.78 is 29.1. The number of carbonyl (C=O) groups excluding carboxylic acids is 1. The predicted octanol–water partition coefficient (Wildman–Crippen LogP) is 3.21. The molecule has 8 heteroatoms. The number of hydrogen-bond acceptors (Lipinski definition) is 4. The van der Waals surface area contributed by atoms with Gasteiger partial charge in [0.25, 0.3) is 10.0 Å². The summed E-state index contributed by atoms with van der Waals surface area (Å²) in [6, 6.07) is 19.8. The molecule has 0 spiro atoms. The first-order chi connectivity index (χ1) is 15.7. The zero-order valence-corrected chi connectivity index (χ0v) is 20.0. The predicted molar refractivity (Wildman–Crippen MR) is 127 cm³/mol. The van der Waals surface area contributed by atoms with Crippen LogP contribution in [0.25, 0.3) is 0 Å². The van der Waals surface area contributed by atoms with Crippen molar-refractivity contribution in [3.63, 3.8) is 0 Å². The number of benzene rings is 2. The highest BCUT2D eigenvalue weighted by Gasteiger charge is 2.37. The van der Waals surface area contributed by atoms with Gasteiger partial charge in [0.1, 0.15) is 5.82 Å². The van der Waals surface area contributed by atoms with Crippen LogP contribution < -0.4 is 5.32 Å². The normalized spacial score (nSPS) is 16.0. The molecule has 1 aliphatic heterocycles. The number of aryl methyl sites for hydroxylation is 2. The Hall–Kier alpha value is -2.97. The van der Waals surface area contributed by atoms with E-state index in [0.717, 1.165) is 11.1 Å². The quantitative estimate of drug-likeness (QED) is 0.605. The molecule has 2 heterocycles. The molecule has 0 radical (unpaired) electrons. The Bertz CT molecular complexity index is 1160. The molecule has 1 aromatic heterocycles. The van der Waals surface area contributed by atoms with E-state index in [-0.39, 0.29) is 16.9 Å². The topological polar surface area (TPSA) is 84.3 Å². The smallest absolute Gasteiger partial charge is 0.262 e. The first-order valence-electron chi connectivity index (χ1n) is 11.1. The Labute approximate surface area is 195 Å². The van der Waals surface area contributed by atoms with Gasteiger partial charge in [0, 0.05) is 32.3 Å². The van der Waals surface area contributed by atoms with E-state index < -0.39 is 15.6 Å². The zero-order chi connectivity index (χ0) is 23.6. The van der Waals surface area contributed by atoms with E-state index >= 15 is 0 Å². The van der Waals surface area contributed by atoms with Gasteiger partial charge in [0.05, 0.1) is 5.54 Å². The molecule has 3 aromatic rings. The summed E-state index contributed by atoms with van der Waals surface area (Å²) in [5.74, 6) is 0.327. The van der Waals surface area contributed by atoms with Crippen LogP contribution in [0.3, 0.4) is 0 Å². The molecular weight excluding hydrogens is 436 g/mol. The highest BCUT2D eigenvalue weighted by Crippen LogP contribution is 2.31. The van der Waals surface area contributed by atoms with Crippen molar-refractivity contribution >= 4 is 15.9 Å². The molecule has 0 aliphatic carbocycles. The molecule has 0 unspecified atom stereocenters. The maximum Gasteiger partial charge on any atom is 0.262 e. The molecule has 2 aromatic carbocycles. The number of aromatic nitrogens is 2. The lowest BCUT2D eigenvalue weighted by atomic mass is 9.83. The van der Waals surface area contributed by atoms with Crippen LogP contribution in [0.4, 0.5) is 0 Å². The average Bonchev–Trinajstić information content (AvgIpc) is 3.19. The number of amides is 1. The maximum atomic E-state index is 13.3. The molecule has 1 N–H and O–H groups in total. The van der Waals surface area contributed by atoms with Gasteiger partial charge in [0.15, 0.2) is 5.03 Å². The summed E-state index contributed by atoms with van der Waals surface area (Å²) in [4.78, 5) is 17.5. The second kappa shape index (κ2) is 9.11. The van der Waals surface area contributed by atoms with E-state index in [1.54, 1.807) is 18.5 Å². The zero-order valence-electron chi connectivity index (χ0n) is 19.2. The highest BCUT2D eigenvalue weighted by molar-refractivity contribution is 7.89. The molecule has 0 atom stereocenters. The molecule has 174 valence electrons. The molecule has 1 saturated heterocycles. The van der Waals surface area contributed by atoms with Gasteiger partial charge in [-0.3, -0.25) is 4.79 Å². The second-order valence-electron chi connectivity index (χ2n) is 8.76. The maximum absolute atomic E-state index is 13.3. The fraction of sp³-hybridized carbons (Fsp3) is 0.360. The number of piperidine rings is 1. The number of nitrogens with one attached hydrogen (secondary N) is 1. The van der Waals surface area contributed by atoms with Gasteiger partial charge < -0.3 is 9.88 Å². The van der Waals surface area contributed by atoms with Gasteiger partial charge in [0.2, 0.25) is 5.91 Å². The largest absolute Gasteiger partial charge is 0.343 e. The lowest BCUT2D eigenvalue weighted by Crippen LogP contribution is -2.49. The minimum absolute atomic E-state index is 0.0593. The van der Waals surface area contributed by atoms with Crippen molar-refractivity contribution in [2.24, 2.45) is 13.0 Å². The molecule has 1 aliphatic rings. The molecule has 1 fully saturated rings. The third-order valence-corrected chi connectivity index (χ3v) is 8.36. The van der Waals surface area contributed by atoms with E-state index in [0.29, 0.717) is 31.8 Å². The minimum Gasteiger partial charge on any atom is -0.343 e. The number of hydrogen-bond donors (Lipinski definition) is 1. The molecule has 1 amide bonds. The van der Waals surface area contributed by atoms with Crippen LogP contribution in [0.5, 0.6) is 0 Å². The molecule has 0 bridgehead atoms. The summed E-state index contributed by atoms with van der Waals surface area (Å²) >= 11 is 0. The van der Waals surface area contributed by atoms with Gasteiger partial charge in [-0.2, -0.15) is 4.31 Å². The number of nitrogens with zero attached hydrogens (tertiary/aromatic N) is 3. The Morgan fingerprint density at radius 3 is 1.97 bits per heavy atom. The Morgan fingerprint density at radius 2 is 1.52 bits per heavy atom. The Morgan fingerprint density at radius 1 is 1.00 bits per heavy atom. The van der Waals surface area contributed by atoms with E-state index in [4.69, 9.17) is 0 Å². The third-order valence-electron chi connectivity index (χ3n) is 6.59. The Balaban J connectivity index is 1.49. The van der Waals surface area contributed by atoms with E-state index in [9.17, 15) is 13.2 Å². The number of sulfonamides is 1. The number of imidazole rings is 1. The van der Waals surface area contributed by atoms with Crippen molar-refractivity contribution < 1.29 is 13.2 Å². The van der Waals surface area contributed by atoms with Gasteiger partial charge in [-0.1, -0.05) is 60.7 Å². The van der Waals surface area contributed by atoms with Crippen LogP contribution >= 0.6 is 0 Å². The lowest BCUT2D eigenvalue weighted by molar-refractivity contribution is -0.127. The summed E-state index contributed by atoms with van der Waals surface area (Å²) in [5, 5.41) is 3.33. The molecule has 0 saturated carbocycles. The van der Waals surface area contributed by atoms with Crippen LogP contribution in [0.2, 0.25) is 0 Å². The van der Waals surface area contributed by atoms with E-state index in [2.05, 4.69) is 10.3 Å². The van der Waals surface area contributed by atoms with Crippen LogP contribution in [0.1, 0.15) is 36.7 Å². The summed E-state index contributed by atoms with van der Waals surface area (Å²) in [5.41, 5.74) is 1.30. The summed E-state index contributed by atoms with van der Waals surface area (Å²) in [6.45, 7) is 4.37. The van der Waals surface area contributed by atoms with Crippen LogP contribution in [-0.2, 0) is 27.4 Å².